The fourth-order valence-corrected chi connectivity index (χ4v) is 2.91. The third-order valence-corrected chi connectivity index (χ3v) is 4.37. The molecule has 0 saturated heterocycles. The zero-order chi connectivity index (χ0) is 25.5. The van der Waals surface area contributed by atoms with Crippen molar-refractivity contribution in [3.63, 3.8) is 0 Å². The molecule has 6 N–H and O–H groups in total. The Morgan fingerprint density at radius 1 is 0.971 bits per heavy atom. The molecule has 0 fully saturated rings. The summed E-state index contributed by atoms with van der Waals surface area (Å²) in [5, 5.41) is 19.7. The predicted molar refractivity (Wildman–Crippen MR) is 128 cm³/mol. The van der Waals surface area contributed by atoms with Crippen molar-refractivity contribution in [3.05, 3.63) is 83.4 Å². The third kappa shape index (κ3) is 7.43. The SMILES string of the molecule is COc1ccc(-c2ccccc2C(=O)O)c(C(=O)Nc2ccc(C(=N)N)cc2)c1.CS(=O)(=O)O. The maximum absolute atomic E-state index is 13.0. The summed E-state index contributed by atoms with van der Waals surface area (Å²) in [5.74, 6) is -1.10. The second-order valence-electron chi connectivity index (χ2n) is 6.94. The lowest BCUT2D eigenvalue weighted by Gasteiger charge is -2.14. The molecule has 3 aromatic carbocycles. The summed E-state index contributed by atoms with van der Waals surface area (Å²) in [6.07, 6.45) is 0.715. The monoisotopic (exact) mass is 485 g/mol. The summed E-state index contributed by atoms with van der Waals surface area (Å²) in [4.78, 5) is 24.6. The standard InChI is InChI=1S/C22H19N3O4.CH4O3S/c1-29-15-10-11-17(16-4-2-3-5-18(16)22(27)28)19(12-15)21(26)25-14-8-6-13(7-9-14)20(23)24;1-5(2,3)4/h2-12H,1H3,(H3,23,24)(H,25,26)(H,27,28);1H3,(H,2,3,4). The van der Waals surface area contributed by atoms with E-state index in [-0.39, 0.29) is 17.0 Å². The minimum absolute atomic E-state index is 0.0664. The fraction of sp³-hybridized carbons (Fsp3) is 0.0870. The maximum atomic E-state index is 13.0. The van der Waals surface area contributed by atoms with Crippen molar-refractivity contribution in [2.75, 3.05) is 18.7 Å². The molecule has 0 aromatic heterocycles. The van der Waals surface area contributed by atoms with Gasteiger partial charge < -0.3 is 20.9 Å². The first-order valence-corrected chi connectivity index (χ1v) is 11.4. The number of benzene rings is 3. The van der Waals surface area contributed by atoms with Crippen LogP contribution in [0.25, 0.3) is 11.1 Å². The molecular formula is C23H23N3O7S. The number of carboxylic acid groups (broad SMARTS) is 1. The van der Waals surface area contributed by atoms with E-state index < -0.39 is 22.0 Å². The molecule has 0 radical (unpaired) electrons. The van der Waals surface area contributed by atoms with E-state index in [1.807, 2.05) is 0 Å². The number of methoxy groups -OCH3 is 1. The summed E-state index contributed by atoms with van der Waals surface area (Å²) in [6, 6.07) is 17.9. The van der Waals surface area contributed by atoms with Crippen LogP contribution in [0.1, 0.15) is 26.3 Å². The normalized spacial score (nSPS) is 10.4. The average Bonchev–Trinajstić information content (AvgIpc) is 2.77. The van der Waals surface area contributed by atoms with Crippen LogP contribution < -0.4 is 15.8 Å². The summed E-state index contributed by atoms with van der Waals surface area (Å²) in [7, 11) is -2.18. The summed E-state index contributed by atoms with van der Waals surface area (Å²) in [6.45, 7) is 0. The molecule has 11 heteroatoms. The number of hydrogen-bond acceptors (Lipinski definition) is 6. The molecule has 0 bridgehead atoms. The molecule has 0 saturated carbocycles. The van der Waals surface area contributed by atoms with Gasteiger partial charge in [-0.3, -0.25) is 14.8 Å². The van der Waals surface area contributed by atoms with Gasteiger partial charge in [-0.2, -0.15) is 8.42 Å². The number of ether oxygens (including phenoxy) is 1. The number of aromatic carboxylic acids is 1. The summed E-state index contributed by atoms with van der Waals surface area (Å²) in [5.41, 5.74) is 7.77. The second-order valence-corrected chi connectivity index (χ2v) is 8.41. The van der Waals surface area contributed by atoms with Crippen LogP contribution in [-0.2, 0) is 10.1 Å². The number of carbonyl (C=O) groups excluding carboxylic acids is 1. The molecule has 3 aromatic rings. The predicted octanol–water partition coefficient (Wildman–Crippen LogP) is 3.10. The number of amides is 1. The van der Waals surface area contributed by atoms with Gasteiger partial charge in [0.2, 0.25) is 0 Å². The van der Waals surface area contributed by atoms with Crippen molar-refractivity contribution in [2.45, 2.75) is 0 Å². The Hall–Kier alpha value is -4.22. The van der Waals surface area contributed by atoms with Gasteiger partial charge in [0.1, 0.15) is 11.6 Å². The number of nitrogens with two attached hydrogens (primary N) is 1. The molecule has 178 valence electrons. The third-order valence-electron chi connectivity index (χ3n) is 4.37. The van der Waals surface area contributed by atoms with Crippen molar-refractivity contribution in [1.29, 1.82) is 5.41 Å². The van der Waals surface area contributed by atoms with Crippen LogP contribution in [0.4, 0.5) is 5.69 Å². The maximum Gasteiger partial charge on any atom is 0.336 e. The lowest BCUT2D eigenvalue weighted by molar-refractivity contribution is 0.0697. The second kappa shape index (κ2) is 11.1. The van der Waals surface area contributed by atoms with Gasteiger partial charge in [-0.1, -0.05) is 18.2 Å². The van der Waals surface area contributed by atoms with Gasteiger partial charge in [-0.15, -0.1) is 0 Å². The van der Waals surface area contributed by atoms with E-state index in [2.05, 4.69) is 5.32 Å². The molecule has 0 unspecified atom stereocenters. The number of amidine groups is 1. The molecule has 34 heavy (non-hydrogen) atoms. The molecule has 0 atom stereocenters. The Morgan fingerprint density at radius 2 is 1.53 bits per heavy atom. The van der Waals surface area contributed by atoms with Crippen LogP contribution in [-0.4, -0.2) is 49.2 Å². The van der Waals surface area contributed by atoms with E-state index in [1.165, 1.54) is 13.2 Å². The van der Waals surface area contributed by atoms with Gasteiger partial charge in [0.05, 0.1) is 24.5 Å². The van der Waals surface area contributed by atoms with E-state index in [4.69, 9.17) is 20.4 Å². The first kappa shape index (κ1) is 26.0. The van der Waals surface area contributed by atoms with Crippen molar-refractivity contribution in [3.8, 4) is 16.9 Å². The van der Waals surface area contributed by atoms with Crippen molar-refractivity contribution in [1.82, 2.24) is 0 Å². The summed E-state index contributed by atoms with van der Waals surface area (Å²) < 4.78 is 31.1. The number of hydrogen-bond donors (Lipinski definition) is 5. The molecular weight excluding hydrogens is 462 g/mol. The molecule has 0 aliphatic heterocycles. The molecule has 1 amide bonds. The highest BCUT2D eigenvalue weighted by Gasteiger charge is 2.19. The van der Waals surface area contributed by atoms with Crippen LogP contribution in [0.2, 0.25) is 0 Å². The van der Waals surface area contributed by atoms with Crippen LogP contribution >= 0.6 is 0 Å². The van der Waals surface area contributed by atoms with Gasteiger partial charge in [-0.25, -0.2) is 4.79 Å². The number of carboxylic acids is 1. The minimum atomic E-state index is -3.67. The Kier molecular flexibility index (Phi) is 8.48. The van der Waals surface area contributed by atoms with E-state index in [9.17, 15) is 23.1 Å². The highest BCUT2D eigenvalue weighted by atomic mass is 32.2. The largest absolute Gasteiger partial charge is 0.497 e. The van der Waals surface area contributed by atoms with E-state index in [0.29, 0.717) is 34.4 Å². The van der Waals surface area contributed by atoms with Gasteiger partial charge >= 0.3 is 5.97 Å². The topological polar surface area (TPSA) is 180 Å². The van der Waals surface area contributed by atoms with E-state index in [0.717, 1.165) is 0 Å². The Labute approximate surface area is 196 Å². The summed E-state index contributed by atoms with van der Waals surface area (Å²) >= 11 is 0. The number of anilines is 1. The van der Waals surface area contributed by atoms with Gasteiger partial charge in [-0.05, 0) is 59.7 Å². The van der Waals surface area contributed by atoms with E-state index in [1.54, 1.807) is 60.7 Å². The fourth-order valence-electron chi connectivity index (χ4n) is 2.91. The number of rotatable bonds is 6. The molecule has 0 spiro atoms. The number of carbonyl (C=O) groups is 2. The molecule has 0 aliphatic rings. The molecule has 3 rings (SSSR count). The lowest BCUT2D eigenvalue weighted by atomic mass is 9.94. The molecule has 0 heterocycles. The van der Waals surface area contributed by atoms with Crippen LogP contribution in [0.15, 0.2) is 66.7 Å². The van der Waals surface area contributed by atoms with Gasteiger partial charge in [0.25, 0.3) is 16.0 Å². The quantitative estimate of drug-likeness (QED) is 0.201. The van der Waals surface area contributed by atoms with Gasteiger partial charge in [0, 0.05) is 11.3 Å². The zero-order valence-electron chi connectivity index (χ0n) is 18.3. The highest BCUT2D eigenvalue weighted by molar-refractivity contribution is 7.85. The Morgan fingerprint density at radius 3 is 2.06 bits per heavy atom. The van der Waals surface area contributed by atoms with Crippen molar-refractivity contribution in [2.24, 2.45) is 5.73 Å². The van der Waals surface area contributed by atoms with Crippen molar-refractivity contribution < 1.29 is 32.4 Å². The van der Waals surface area contributed by atoms with E-state index >= 15 is 0 Å². The van der Waals surface area contributed by atoms with Crippen LogP contribution in [0.3, 0.4) is 0 Å². The smallest absolute Gasteiger partial charge is 0.336 e. The Balaban J connectivity index is 0.000000739. The minimum Gasteiger partial charge on any atom is -0.497 e. The number of nitrogens with one attached hydrogen (secondary N) is 2. The number of nitrogen functional groups attached to an aromatic ring is 1. The van der Waals surface area contributed by atoms with Gasteiger partial charge in [0.15, 0.2) is 0 Å². The lowest BCUT2D eigenvalue weighted by Crippen LogP contribution is -2.15. The molecule has 10 nitrogen and oxygen atoms in total. The average molecular weight is 486 g/mol. The molecule has 0 aliphatic carbocycles. The highest BCUT2D eigenvalue weighted by Crippen LogP contribution is 2.31. The van der Waals surface area contributed by atoms with Crippen molar-refractivity contribution >= 4 is 33.5 Å². The first-order valence-electron chi connectivity index (χ1n) is 9.59. The Bertz CT molecular complexity index is 1310. The van der Waals surface area contributed by atoms with Crippen LogP contribution in [0.5, 0.6) is 5.75 Å². The van der Waals surface area contributed by atoms with Crippen LogP contribution in [0, 0.1) is 5.41 Å². The first-order chi connectivity index (χ1) is 15.9. The zero-order valence-corrected chi connectivity index (χ0v) is 19.1.